The number of hydrogen-bond acceptors (Lipinski definition) is 2. The lowest BCUT2D eigenvalue weighted by Gasteiger charge is -2.19. The maximum absolute atomic E-state index is 9.95. The van der Waals surface area contributed by atoms with Crippen LogP contribution in [-0.4, -0.2) is 24.0 Å². The quantitative estimate of drug-likeness (QED) is 0.577. The third-order valence-electron chi connectivity index (χ3n) is 1.46. The van der Waals surface area contributed by atoms with Gasteiger partial charge in [0.05, 0.1) is 0 Å². The van der Waals surface area contributed by atoms with E-state index in [1.165, 1.54) is 12.2 Å². The highest BCUT2D eigenvalue weighted by atomic mass is 32.2. The topological polar surface area (TPSA) is 29.1 Å². The van der Waals surface area contributed by atoms with Crippen LogP contribution in [0.2, 0.25) is 0 Å². The Bertz CT molecular complexity index is 91.1. The molecule has 0 bridgehead atoms. The lowest BCUT2D eigenvalue weighted by atomic mass is 10.2. The molecule has 1 aliphatic rings. The summed E-state index contributed by atoms with van der Waals surface area (Å²) in [6, 6.07) is 0.446. The molecular weight excluding hydrogens is 134 g/mol. The van der Waals surface area contributed by atoms with Gasteiger partial charge in [-0.1, -0.05) is 0 Å². The van der Waals surface area contributed by atoms with E-state index in [2.05, 4.69) is 5.32 Å². The number of thioether (sulfide) groups is 1. The van der Waals surface area contributed by atoms with Crippen LogP contribution >= 0.6 is 11.8 Å². The summed E-state index contributed by atoms with van der Waals surface area (Å²) >= 11 is 1.92. The van der Waals surface area contributed by atoms with Crippen LogP contribution in [0.15, 0.2) is 0 Å². The van der Waals surface area contributed by atoms with E-state index in [1.807, 2.05) is 11.8 Å². The highest BCUT2D eigenvalue weighted by molar-refractivity contribution is 7.99. The monoisotopic (exact) mass is 145 g/mol. The molecule has 0 aliphatic carbocycles. The molecule has 1 rings (SSSR count). The number of nitrogens with one attached hydrogen (secondary N) is 1. The minimum absolute atomic E-state index is 0.446. The molecule has 1 amide bonds. The van der Waals surface area contributed by atoms with Gasteiger partial charge in [-0.3, -0.25) is 4.79 Å². The molecule has 1 fully saturated rings. The molecule has 1 unspecified atom stereocenters. The SMILES string of the molecule is O=CNC1CCCSC1. The standard InChI is InChI=1S/C6H11NOS/c8-5-7-6-2-1-3-9-4-6/h5-6H,1-4H2,(H,7,8). The summed E-state index contributed by atoms with van der Waals surface area (Å²) < 4.78 is 0. The van der Waals surface area contributed by atoms with Crippen molar-refractivity contribution in [3.05, 3.63) is 0 Å². The van der Waals surface area contributed by atoms with Gasteiger partial charge in [0.15, 0.2) is 0 Å². The van der Waals surface area contributed by atoms with E-state index < -0.39 is 0 Å². The fourth-order valence-electron chi connectivity index (χ4n) is 0.968. The molecule has 1 saturated heterocycles. The molecule has 0 aromatic rings. The molecule has 9 heavy (non-hydrogen) atoms. The Balaban J connectivity index is 2.15. The minimum Gasteiger partial charge on any atom is -0.355 e. The third kappa shape index (κ3) is 2.26. The first-order valence-corrected chi connectivity index (χ1v) is 4.36. The first kappa shape index (κ1) is 6.93. The Hall–Kier alpha value is -0.180. The van der Waals surface area contributed by atoms with Gasteiger partial charge in [0.2, 0.25) is 6.41 Å². The summed E-state index contributed by atoms with van der Waals surface area (Å²) in [4.78, 5) is 9.95. The average molecular weight is 145 g/mol. The summed E-state index contributed by atoms with van der Waals surface area (Å²) in [5.74, 6) is 2.36. The van der Waals surface area contributed by atoms with Crippen molar-refractivity contribution in [1.29, 1.82) is 0 Å². The molecule has 1 heterocycles. The van der Waals surface area contributed by atoms with Gasteiger partial charge in [-0.05, 0) is 18.6 Å². The second-order valence-corrected chi connectivity index (χ2v) is 3.35. The van der Waals surface area contributed by atoms with Crippen molar-refractivity contribution in [3.63, 3.8) is 0 Å². The largest absolute Gasteiger partial charge is 0.355 e. The normalized spacial score (nSPS) is 27.3. The fraction of sp³-hybridized carbons (Fsp3) is 0.833. The van der Waals surface area contributed by atoms with Crippen LogP contribution in [0.1, 0.15) is 12.8 Å². The van der Waals surface area contributed by atoms with E-state index in [0.717, 1.165) is 18.6 Å². The molecule has 0 spiro atoms. The Morgan fingerprint density at radius 1 is 1.67 bits per heavy atom. The van der Waals surface area contributed by atoms with E-state index in [9.17, 15) is 4.79 Å². The van der Waals surface area contributed by atoms with Crippen LogP contribution < -0.4 is 5.32 Å². The van der Waals surface area contributed by atoms with Crippen LogP contribution in [0.5, 0.6) is 0 Å². The summed E-state index contributed by atoms with van der Waals surface area (Å²) in [6.07, 6.45) is 3.21. The maximum Gasteiger partial charge on any atom is 0.207 e. The molecule has 0 saturated carbocycles. The Kier molecular flexibility index (Phi) is 2.91. The van der Waals surface area contributed by atoms with Crippen LogP contribution in [0.25, 0.3) is 0 Å². The van der Waals surface area contributed by atoms with E-state index in [-0.39, 0.29) is 0 Å². The Morgan fingerprint density at radius 3 is 3.11 bits per heavy atom. The van der Waals surface area contributed by atoms with Crippen molar-refractivity contribution >= 4 is 18.2 Å². The Labute approximate surface area is 59.4 Å². The van der Waals surface area contributed by atoms with Crippen molar-refractivity contribution in [2.45, 2.75) is 18.9 Å². The molecule has 52 valence electrons. The van der Waals surface area contributed by atoms with Gasteiger partial charge in [-0.25, -0.2) is 0 Å². The van der Waals surface area contributed by atoms with Gasteiger partial charge in [-0.15, -0.1) is 0 Å². The predicted molar refractivity (Wildman–Crippen MR) is 39.5 cm³/mol. The second-order valence-electron chi connectivity index (χ2n) is 2.20. The van der Waals surface area contributed by atoms with Crippen LogP contribution in [-0.2, 0) is 4.79 Å². The molecule has 2 nitrogen and oxygen atoms in total. The first-order chi connectivity index (χ1) is 4.43. The number of amides is 1. The van der Waals surface area contributed by atoms with E-state index in [4.69, 9.17) is 0 Å². The van der Waals surface area contributed by atoms with E-state index in [0.29, 0.717) is 6.04 Å². The van der Waals surface area contributed by atoms with E-state index >= 15 is 0 Å². The number of carbonyl (C=O) groups excluding carboxylic acids is 1. The van der Waals surface area contributed by atoms with Crippen molar-refractivity contribution in [1.82, 2.24) is 5.32 Å². The van der Waals surface area contributed by atoms with Gasteiger partial charge in [0, 0.05) is 11.8 Å². The molecule has 3 heteroatoms. The molecule has 1 aliphatic heterocycles. The molecule has 1 atom stereocenters. The number of rotatable bonds is 2. The Morgan fingerprint density at radius 2 is 2.56 bits per heavy atom. The highest BCUT2D eigenvalue weighted by Gasteiger charge is 2.11. The fourth-order valence-corrected chi connectivity index (χ4v) is 2.05. The first-order valence-electron chi connectivity index (χ1n) is 3.21. The summed E-state index contributed by atoms with van der Waals surface area (Å²) in [6.45, 7) is 0. The zero-order chi connectivity index (χ0) is 6.53. The van der Waals surface area contributed by atoms with Crippen LogP contribution in [0, 0.1) is 0 Å². The van der Waals surface area contributed by atoms with Crippen molar-refractivity contribution in [2.75, 3.05) is 11.5 Å². The summed E-state index contributed by atoms with van der Waals surface area (Å²) in [5, 5.41) is 2.78. The van der Waals surface area contributed by atoms with Crippen molar-refractivity contribution < 1.29 is 4.79 Å². The predicted octanol–water partition coefficient (Wildman–Crippen LogP) is 0.628. The van der Waals surface area contributed by atoms with Gasteiger partial charge < -0.3 is 5.32 Å². The molecule has 0 aromatic heterocycles. The number of hydrogen-bond donors (Lipinski definition) is 1. The molecule has 1 N–H and O–H groups in total. The number of carbonyl (C=O) groups is 1. The maximum atomic E-state index is 9.95. The lowest BCUT2D eigenvalue weighted by molar-refractivity contribution is -0.110. The van der Waals surface area contributed by atoms with E-state index in [1.54, 1.807) is 0 Å². The molecular formula is C6H11NOS. The smallest absolute Gasteiger partial charge is 0.207 e. The van der Waals surface area contributed by atoms with Gasteiger partial charge >= 0.3 is 0 Å². The zero-order valence-corrected chi connectivity index (χ0v) is 6.12. The van der Waals surface area contributed by atoms with Crippen LogP contribution in [0.4, 0.5) is 0 Å². The van der Waals surface area contributed by atoms with Crippen LogP contribution in [0.3, 0.4) is 0 Å². The third-order valence-corrected chi connectivity index (χ3v) is 2.68. The molecule has 0 radical (unpaired) electrons. The summed E-state index contributed by atoms with van der Waals surface area (Å²) in [7, 11) is 0. The zero-order valence-electron chi connectivity index (χ0n) is 5.30. The van der Waals surface area contributed by atoms with Gasteiger partial charge in [-0.2, -0.15) is 11.8 Å². The lowest BCUT2D eigenvalue weighted by Crippen LogP contribution is -2.32. The van der Waals surface area contributed by atoms with Gasteiger partial charge in [0.1, 0.15) is 0 Å². The molecule has 0 aromatic carbocycles. The average Bonchev–Trinajstić information content (AvgIpc) is 1.91. The summed E-state index contributed by atoms with van der Waals surface area (Å²) in [5.41, 5.74) is 0. The minimum atomic E-state index is 0.446. The van der Waals surface area contributed by atoms with Crippen molar-refractivity contribution in [3.8, 4) is 0 Å². The second kappa shape index (κ2) is 3.77. The highest BCUT2D eigenvalue weighted by Crippen LogP contribution is 2.16. The van der Waals surface area contributed by atoms with Gasteiger partial charge in [0.25, 0.3) is 0 Å². The van der Waals surface area contributed by atoms with Crippen molar-refractivity contribution in [2.24, 2.45) is 0 Å².